The van der Waals surface area contributed by atoms with E-state index in [9.17, 15) is 0 Å². The van der Waals surface area contributed by atoms with Gasteiger partial charge in [0, 0.05) is 12.8 Å². The first-order valence-electron chi connectivity index (χ1n) is 10.0. The maximum absolute atomic E-state index is 5.63. The standard InChI is InChI=1S/C21H27N5OS/c1-4-27-21-24-19(12-15-7-9-26(3)10-8-15)23-20(25-21)13-16-5-6-17-18(11-16)28-14(2)22-17/h5-6,11,15H,4,7-10,12-13H2,1-3H3. The van der Waals surface area contributed by atoms with Gasteiger partial charge >= 0.3 is 6.01 Å². The molecule has 4 rings (SSSR count). The molecule has 0 unspecified atom stereocenters. The molecule has 148 valence electrons. The Hall–Kier alpha value is -2.12. The number of hydrogen-bond donors (Lipinski definition) is 0. The highest BCUT2D eigenvalue weighted by Crippen LogP contribution is 2.24. The monoisotopic (exact) mass is 397 g/mol. The van der Waals surface area contributed by atoms with Gasteiger partial charge in [-0.3, -0.25) is 0 Å². The SMILES string of the molecule is CCOc1nc(Cc2ccc3nc(C)sc3c2)nc(CC2CCN(C)CC2)n1. The van der Waals surface area contributed by atoms with Gasteiger partial charge in [0.15, 0.2) is 0 Å². The van der Waals surface area contributed by atoms with Crippen LogP contribution in [-0.2, 0) is 12.8 Å². The molecule has 1 aliphatic heterocycles. The Morgan fingerprint density at radius 1 is 1.11 bits per heavy atom. The fourth-order valence-corrected chi connectivity index (χ4v) is 4.60. The highest BCUT2D eigenvalue weighted by molar-refractivity contribution is 7.18. The van der Waals surface area contributed by atoms with Gasteiger partial charge in [0.05, 0.1) is 21.8 Å². The van der Waals surface area contributed by atoms with Crippen molar-refractivity contribution >= 4 is 21.6 Å². The molecular weight excluding hydrogens is 370 g/mol. The first kappa shape index (κ1) is 19.2. The highest BCUT2D eigenvalue weighted by atomic mass is 32.1. The zero-order chi connectivity index (χ0) is 19.5. The van der Waals surface area contributed by atoms with Gasteiger partial charge in [0.25, 0.3) is 0 Å². The van der Waals surface area contributed by atoms with Gasteiger partial charge in [-0.1, -0.05) is 6.07 Å². The number of piperidine rings is 1. The molecule has 2 aromatic heterocycles. The lowest BCUT2D eigenvalue weighted by molar-refractivity contribution is 0.216. The molecule has 3 heterocycles. The normalized spacial score (nSPS) is 16.0. The topological polar surface area (TPSA) is 64.0 Å². The number of likely N-dealkylation sites (tertiary alicyclic amines) is 1. The van der Waals surface area contributed by atoms with Gasteiger partial charge in [-0.15, -0.1) is 11.3 Å². The maximum atomic E-state index is 5.63. The van der Waals surface area contributed by atoms with E-state index in [2.05, 4.69) is 45.1 Å². The van der Waals surface area contributed by atoms with Crippen LogP contribution in [0.3, 0.4) is 0 Å². The predicted octanol–water partition coefficient (Wildman–Crippen LogP) is 3.66. The Morgan fingerprint density at radius 3 is 2.68 bits per heavy atom. The summed E-state index contributed by atoms with van der Waals surface area (Å²) in [6.07, 6.45) is 3.97. The van der Waals surface area contributed by atoms with E-state index in [0.29, 0.717) is 25.0 Å². The van der Waals surface area contributed by atoms with Crippen LogP contribution in [0, 0.1) is 12.8 Å². The Labute approximate surface area is 170 Å². The van der Waals surface area contributed by atoms with Crippen LogP contribution < -0.4 is 4.74 Å². The summed E-state index contributed by atoms with van der Waals surface area (Å²) >= 11 is 1.72. The fourth-order valence-electron chi connectivity index (χ4n) is 3.71. The number of nitrogens with zero attached hydrogens (tertiary/aromatic N) is 5. The number of benzene rings is 1. The van der Waals surface area contributed by atoms with Gasteiger partial charge in [-0.2, -0.15) is 9.97 Å². The number of hydrogen-bond acceptors (Lipinski definition) is 7. The zero-order valence-electron chi connectivity index (χ0n) is 16.8. The van der Waals surface area contributed by atoms with Crippen LogP contribution in [0.15, 0.2) is 18.2 Å². The summed E-state index contributed by atoms with van der Waals surface area (Å²) in [6.45, 7) is 6.85. The Balaban J connectivity index is 1.55. The molecule has 1 fully saturated rings. The van der Waals surface area contributed by atoms with E-state index in [0.717, 1.165) is 41.7 Å². The van der Waals surface area contributed by atoms with Gasteiger partial charge in [0.1, 0.15) is 11.6 Å². The fraction of sp³-hybridized carbons (Fsp3) is 0.524. The average Bonchev–Trinajstić information content (AvgIpc) is 3.03. The van der Waals surface area contributed by atoms with Crippen LogP contribution in [0.2, 0.25) is 0 Å². The van der Waals surface area contributed by atoms with Crippen LogP contribution in [0.5, 0.6) is 6.01 Å². The van der Waals surface area contributed by atoms with E-state index in [1.54, 1.807) is 11.3 Å². The quantitative estimate of drug-likeness (QED) is 0.632. The summed E-state index contributed by atoms with van der Waals surface area (Å²) in [5, 5.41) is 1.09. The second kappa shape index (κ2) is 8.49. The Kier molecular flexibility index (Phi) is 5.82. The van der Waals surface area contributed by atoms with Crippen LogP contribution in [-0.4, -0.2) is 51.6 Å². The highest BCUT2D eigenvalue weighted by Gasteiger charge is 2.19. The minimum absolute atomic E-state index is 0.449. The molecule has 0 N–H and O–H groups in total. The minimum Gasteiger partial charge on any atom is -0.464 e. The van der Waals surface area contributed by atoms with Gasteiger partial charge in [-0.05, 0) is 70.4 Å². The number of thiazole rings is 1. The van der Waals surface area contributed by atoms with E-state index < -0.39 is 0 Å². The number of aromatic nitrogens is 4. The molecule has 0 saturated carbocycles. The van der Waals surface area contributed by atoms with Gasteiger partial charge in [-0.25, -0.2) is 9.97 Å². The molecule has 1 saturated heterocycles. The van der Waals surface area contributed by atoms with E-state index in [-0.39, 0.29) is 0 Å². The molecule has 7 heteroatoms. The first-order chi connectivity index (χ1) is 13.6. The second-order valence-electron chi connectivity index (χ2n) is 7.55. The molecule has 3 aromatic rings. The van der Waals surface area contributed by atoms with Crippen molar-refractivity contribution in [3.05, 3.63) is 40.4 Å². The van der Waals surface area contributed by atoms with Crippen molar-refractivity contribution in [3.63, 3.8) is 0 Å². The molecule has 0 atom stereocenters. The van der Waals surface area contributed by atoms with Crippen molar-refractivity contribution in [2.24, 2.45) is 5.92 Å². The molecule has 0 amide bonds. The van der Waals surface area contributed by atoms with Crippen molar-refractivity contribution < 1.29 is 4.74 Å². The number of aryl methyl sites for hydroxylation is 1. The zero-order valence-corrected chi connectivity index (χ0v) is 17.6. The molecule has 28 heavy (non-hydrogen) atoms. The third-order valence-electron chi connectivity index (χ3n) is 5.21. The van der Waals surface area contributed by atoms with Crippen molar-refractivity contribution in [2.45, 2.75) is 39.5 Å². The van der Waals surface area contributed by atoms with E-state index >= 15 is 0 Å². The summed E-state index contributed by atoms with van der Waals surface area (Å²) in [5.41, 5.74) is 2.25. The smallest absolute Gasteiger partial charge is 0.319 e. The number of ether oxygens (including phenoxy) is 1. The average molecular weight is 398 g/mol. The molecule has 0 spiro atoms. The Bertz CT molecular complexity index is 949. The molecule has 0 radical (unpaired) electrons. The second-order valence-corrected chi connectivity index (χ2v) is 8.78. The summed E-state index contributed by atoms with van der Waals surface area (Å²) in [5.74, 6) is 2.28. The van der Waals surface area contributed by atoms with E-state index in [1.165, 1.54) is 23.1 Å². The lowest BCUT2D eigenvalue weighted by atomic mass is 9.93. The largest absolute Gasteiger partial charge is 0.464 e. The van der Waals surface area contributed by atoms with Crippen molar-refractivity contribution in [1.29, 1.82) is 0 Å². The lowest BCUT2D eigenvalue weighted by Crippen LogP contribution is -2.31. The summed E-state index contributed by atoms with van der Waals surface area (Å²) in [7, 11) is 2.19. The molecular formula is C21H27N5OS. The minimum atomic E-state index is 0.449. The molecule has 6 nitrogen and oxygen atoms in total. The van der Waals surface area contributed by atoms with Crippen LogP contribution in [0.1, 0.15) is 42.0 Å². The first-order valence-corrected chi connectivity index (χ1v) is 10.8. The lowest BCUT2D eigenvalue weighted by Gasteiger charge is -2.28. The van der Waals surface area contributed by atoms with Crippen LogP contribution in [0.4, 0.5) is 0 Å². The molecule has 1 aromatic carbocycles. The van der Waals surface area contributed by atoms with Gasteiger partial charge in [0.2, 0.25) is 0 Å². The predicted molar refractivity (Wildman–Crippen MR) is 112 cm³/mol. The van der Waals surface area contributed by atoms with Crippen molar-refractivity contribution in [2.75, 3.05) is 26.7 Å². The van der Waals surface area contributed by atoms with Crippen LogP contribution in [0.25, 0.3) is 10.2 Å². The number of fused-ring (bicyclic) bond motifs is 1. The Morgan fingerprint density at radius 2 is 1.89 bits per heavy atom. The van der Waals surface area contributed by atoms with Gasteiger partial charge < -0.3 is 9.64 Å². The number of rotatable bonds is 6. The summed E-state index contributed by atoms with van der Waals surface area (Å²) < 4.78 is 6.84. The van der Waals surface area contributed by atoms with Crippen LogP contribution >= 0.6 is 11.3 Å². The third kappa shape index (κ3) is 4.64. The summed E-state index contributed by atoms with van der Waals surface area (Å²) in [6, 6.07) is 6.84. The molecule has 0 bridgehead atoms. The van der Waals surface area contributed by atoms with Crippen molar-refractivity contribution in [3.8, 4) is 6.01 Å². The summed E-state index contributed by atoms with van der Waals surface area (Å²) in [4.78, 5) is 20.8. The molecule has 0 aliphatic carbocycles. The molecule has 1 aliphatic rings. The van der Waals surface area contributed by atoms with E-state index in [1.807, 2.05) is 13.8 Å². The third-order valence-corrected chi connectivity index (χ3v) is 6.15. The van der Waals surface area contributed by atoms with Crippen molar-refractivity contribution in [1.82, 2.24) is 24.8 Å². The van der Waals surface area contributed by atoms with E-state index in [4.69, 9.17) is 9.72 Å². The maximum Gasteiger partial charge on any atom is 0.319 e.